The van der Waals surface area contributed by atoms with Gasteiger partial charge in [0.15, 0.2) is 0 Å². The van der Waals surface area contributed by atoms with Crippen LogP contribution in [0.5, 0.6) is 0 Å². The first-order valence-electron chi connectivity index (χ1n) is 9.32. The van der Waals surface area contributed by atoms with Gasteiger partial charge in [-0.15, -0.1) is 0 Å². The molecule has 0 aliphatic carbocycles. The molecule has 27 heavy (non-hydrogen) atoms. The molecule has 0 radical (unpaired) electrons. The summed E-state index contributed by atoms with van der Waals surface area (Å²) in [5, 5.41) is 1.14. The topological polar surface area (TPSA) is 19.6 Å². The van der Waals surface area contributed by atoms with Gasteiger partial charge < -0.3 is 9.32 Å². The first-order chi connectivity index (χ1) is 13.1. The molecule has 1 aliphatic rings. The molecular weight excluding hydrogens is 332 g/mol. The Hall–Kier alpha value is -3.20. The molecule has 3 aromatic carbocycles. The lowest BCUT2D eigenvalue weighted by Crippen LogP contribution is -2.48. The average Bonchev–Trinajstić information content (AvgIpc) is 3.13. The van der Waals surface area contributed by atoms with Gasteiger partial charge in [-0.25, -0.2) is 0 Å². The van der Waals surface area contributed by atoms with Crippen LogP contribution < -0.4 is 9.80 Å². The average molecular weight is 354 g/mol. The van der Waals surface area contributed by atoms with Crippen molar-refractivity contribution in [2.24, 2.45) is 0 Å². The van der Waals surface area contributed by atoms with E-state index in [4.69, 9.17) is 4.42 Å². The molecule has 0 saturated carbocycles. The van der Waals surface area contributed by atoms with E-state index in [0.717, 1.165) is 28.2 Å². The van der Waals surface area contributed by atoms with E-state index in [9.17, 15) is 0 Å². The molecule has 1 aliphatic heterocycles. The third kappa shape index (κ3) is 2.21. The van der Waals surface area contributed by atoms with Gasteiger partial charge in [-0.05, 0) is 56.7 Å². The molecular formula is C24H22N2O. The Balaban J connectivity index is 1.84. The molecule has 4 aromatic rings. The van der Waals surface area contributed by atoms with Crippen molar-refractivity contribution >= 4 is 33.9 Å². The second kappa shape index (κ2) is 5.65. The second-order valence-corrected chi connectivity index (χ2v) is 7.54. The fraction of sp³-hybridized carbons (Fsp3) is 0.167. The monoisotopic (exact) mass is 354 g/mol. The van der Waals surface area contributed by atoms with E-state index in [0.29, 0.717) is 0 Å². The summed E-state index contributed by atoms with van der Waals surface area (Å²) >= 11 is 0. The van der Waals surface area contributed by atoms with Crippen molar-refractivity contribution in [3.05, 3.63) is 84.4 Å². The summed E-state index contributed by atoms with van der Waals surface area (Å²) < 4.78 is 6.39. The van der Waals surface area contributed by atoms with Gasteiger partial charge in [0, 0.05) is 16.8 Å². The highest BCUT2D eigenvalue weighted by molar-refractivity contribution is 6.05. The van der Waals surface area contributed by atoms with Crippen LogP contribution in [0, 0.1) is 6.92 Å². The molecule has 0 saturated heterocycles. The van der Waals surface area contributed by atoms with E-state index < -0.39 is 0 Å². The Morgan fingerprint density at radius 2 is 1.41 bits per heavy atom. The van der Waals surface area contributed by atoms with Gasteiger partial charge in [0.05, 0.1) is 0 Å². The summed E-state index contributed by atoms with van der Waals surface area (Å²) in [7, 11) is 0. The lowest BCUT2D eigenvalue weighted by Gasteiger charge is -2.40. The molecule has 5 rings (SSSR count). The van der Waals surface area contributed by atoms with Crippen LogP contribution in [0.25, 0.3) is 11.0 Å². The molecule has 1 aromatic heterocycles. The van der Waals surface area contributed by atoms with Gasteiger partial charge in [0.25, 0.3) is 0 Å². The predicted molar refractivity (Wildman–Crippen MR) is 112 cm³/mol. The quantitative estimate of drug-likeness (QED) is 0.396. The maximum atomic E-state index is 6.39. The number of rotatable bonds is 2. The Morgan fingerprint density at radius 3 is 2.19 bits per heavy atom. The number of hydrogen-bond donors (Lipinski definition) is 0. The third-order valence-corrected chi connectivity index (χ3v) is 5.44. The number of furan rings is 1. The van der Waals surface area contributed by atoms with Crippen LogP contribution in [0.15, 0.2) is 83.3 Å². The maximum absolute atomic E-state index is 6.39. The van der Waals surface area contributed by atoms with Crippen molar-refractivity contribution in [1.29, 1.82) is 0 Å². The fourth-order valence-corrected chi connectivity index (χ4v) is 4.25. The normalized spacial score (nSPS) is 15.4. The van der Waals surface area contributed by atoms with Crippen molar-refractivity contribution in [2.45, 2.75) is 26.4 Å². The van der Waals surface area contributed by atoms with Crippen molar-refractivity contribution in [2.75, 3.05) is 9.80 Å². The molecule has 0 N–H and O–H groups in total. The molecule has 0 fully saturated rings. The molecule has 134 valence electrons. The zero-order chi connectivity index (χ0) is 18.6. The predicted octanol–water partition coefficient (Wildman–Crippen LogP) is 6.77. The zero-order valence-corrected chi connectivity index (χ0v) is 15.8. The van der Waals surface area contributed by atoms with E-state index in [1.165, 1.54) is 11.3 Å². The molecule has 0 amide bonds. The molecule has 0 spiro atoms. The molecule has 3 nitrogen and oxygen atoms in total. The standard InChI is InChI=1S/C24H22N2O/c1-17-11-7-9-15-20(17)26-22-19-14-8-10-16-21(19)27-23(22)25(24(26,2)3)18-12-5-4-6-13-18/h4-16H,1-3H3. The lowest BCUT2D eigenvalue weighted by molar-refractivity contribution is 0.507. The van der Waals surface area contributed by atoms with Crippen LogP contribution in [0.3, 0.4) is 0 Å². The zero-order valence-electron chi connectivity index (χ0n) is 15.8. The van der Waals surface area contributed by atoms with E-state index in [-0.39, 0.29) is 5.66 Å². The number of hydrogen-bond acceptors (Lipinski definition) is 3. The minimum atomic E-state index is -0.314. The SMILES string of the molecule is Cc1ccccc1N1c2c(oc3ccccc23)N(c2ccccc2)C1(C)C. The summed E-state index contributed by atoms with van der Waals surface area (Å²) in [5.74, 6) is 0.899. The van der Waals surface area contributed by atoms with Gasteiger partial charge in [-0.2, -0.15) is 0 Å². The van der Waals surface area contributed by atoms with Crippen LogP contribution in [-0.4, -0.2) is 5.66 Å². The van der Waals surface area contributed by atoms with Crippen LogP contribution >= 0.6 is 0 Å². The number of benzene rings is 3. The summed E-state index contributed by atoms with van der Waals surface area (Å²) in [6.07, 6.45) is 0. The van der Waals surface area contributed by atoms with Crippen LogP contribution in [0.1, 0.15) is 19.4 Å². The van der Waals surface area contributed by atoms with Crippen molar-refractivity contribution in [1.82, 2.24) is 0 Å². The number of anilines is 4. The summed E-state index contributed by atoms with van der Waals surface area (Å²) in [6.45, 7) is 6.66. The third-order valence-electron chi connectivity index (χ3n) is 5.44. The Labute approximate surface area is 159 Å². The van der Waals surface area contributed by atoms with Gasteiger partial charge >= 0.3 is 0 Å². The number of para-hydroxylation sites is 3. The lowest BCUT2D eigenvalue weighted by atomic mass is 10.1. The van der Waals surface area contributed by atoms with Crippen molar-refractivity contribution in [3.63, 3.8) is 0 Å². The Bertz CT molecular complexity index is 1130. The first kappa shape index (κ1) is 16.0. The highest BCUT2D eigenvalue weighted by Gasteiger charge is 2.48. The van der Waals surface area contributed by atoms with Crippen LogP contribution in [-0.2, 0) is 0 Å². The largest absolute Gasteiger partial charge is 0.438 e. The second-order valence-electron chi connectivity index (χ2n) is 7.54. The van der Waals surface area contributed by atoms with Crippen molar-refractivity contribution in [3.8, 4) is 0 Å². The Kier molecular flexibility index (Phi) is 3.35. The van der Waals surface area contributed by atoms with Gasteiger partial charge in [0.1, 0.15) is 16.9 Å². The minimum absolute atomic E-state index is 0.314. The van der Waals surface area contributed by atoms with Gasteiger partial charge in [-0.1, -0.05) is 48.5 Å². The summed E-state index contributed by atoms with van der Waals surface area (Å²) in [6, 6.07) is 27.3. The molecule has 3 heteroatoms. The Morgan fingerprint density at radius 1 is 0.741 bits per heavy atom. The van der Waals surface area contributed by atoms with Crippen LogP contribution in [0.4, 0.5) is 22.9 Å². The smallest absolute Gasteiger partial charge is 0.227 e. The van der Waals surface area contributed by atoms with Crippen LogP contribution in [0.2, 0.25) is 0 Å². The van der Waals surface area contributed by atoms with E-state index >= 15 is 0 Å². The van der Waals surface area contributed by atoms with Gasteiger partial charge in [0.2, 0.25) is 5.88 Å². The number of nitrogens with zero attached hydrogens (tertiary/aromatic N) is 2. The fourth-order valence-electron chi connectivity index (χ4n) is 4.25. The van der Waals surface area contributed by atoms with E-state index in [1.807, 2.05) is 18.2 Å². The summed E-state index contributed by atoms with van der Waals surface area (Å²) in [5.41, 5.74) is 5.31. The molecule has 0 unspecified atom stereocenters. The minimum Gasteiger partial charge on any atom is -0.438 e. The first-order valence-corrected chi connectivity index (χ1v) is 9.32. The maximum Gasteiger partial charge on any atom is 0.227 e. The molecule has 2 heterocycles. The number of fused-ring (bicyclic) bond motifs is 3. The van der Waals surface area contributed by atoms with Crippen molar-refractivity contribution < 1.29 is 4.42 Å². The summed E-state index contributed by atoms with van der Waals surface area (Å²) in [4.78, 5) is 4.71. The highest BCUT2D eigenvalue weighted by atomic mass is 16.4. The number of aryl methyl sites for hydroxylation is 1. The molecule has 0 atom stereocenters. The van der Waals surface area contributed by atoms with E-state index in [1.54, 1.807) is 0 Å². The molecule has 0 bridgehead atoms. The highest BCUT2D eigenvalue weighted by Crippen LogP contribution is 2.56. The van der Waals surface area contributed by atoms with E-state index in [2.05, 4.69) is 91.2 Å². The van der Waals surface area contributed by atoms with Gasteiger partial charge in [-0.3, -0.25) is 4.90 Å².